The minimum absolute atomic E-state index is 0. The molecule has 2 aliphatic heterocycles. The van der Waals surface area contributed by atoms with Gasteiger partial charge in [0.25, 0.3) is 0 Å². The summed E-state index contributed by atoms with van der Waals surface area (Å²) in [5, 5.41) is 0. The summed E-state index contributed by atoms with van der Waals surface area (Å²) in [4.78, 5) is 16.0. The molecule has 0 saturated heterocycles. The molecule has 3 aromatic rings. The zero-order chi connectivity index (χ0) is 15.9. The number of fused-ring (bicyclic) bond motifs is 8. The Hall–Kier alpha value is -2.88. The van der Waals surface area contributed by atoms with E-state index in [9.17, 15) is 0 Å². The van der Waals surface area contributed by atoms with Gasteiger partial charge in [-0.3, -0.25) is 0 Å². The first-order valence-corrected chi connectivity index (χ1v) is 7.85. The Morgan fingerprint density at radius 1 is 0.480 bits per heavy atom. The predicted octanol–water partition coefficient (Wildman–Crippen LogP) is 4.65. The topological polar surface area (TPSA) is 57.4 Å². The molecule has 0 aliphatic carbocycles. The molecule has 5 rings (SSSR count). The normalized spacial score (nSPS) is 12.2. The number of nitrogens with zero attached hydrogens (tertiary/aromatic N) is 2. The van der Waals surface area contributed by atoms with Crippen molar-refractivity contribution >= 4 is 46.4 Å². The average molecular weight is 374 g/mol. The van der Waals surface area contributed by atoms with Gasteiger partial charge in [-0.1, -0.05) is 0 Å². The molecular weight excluding hydrogens is 360 g/mol. The van der Waals surface area contributed by atoms with Crippen LogP contribution in [0.4, 0.5) is 0 Å². The van der Waals surface area contributed by atoms with E-state index >= 15 is 0 Å². The first-order valence-electron chi connectivity index (χ1n) is 7.85. The van der Waals surface area contributed by atoms with E-state index in [1.54, 1.807) is 0 Å². The van der Waals surface area contributed by atoms with Crippen molar-refractivity contribution < 1.29 is 17.1 Å². The minimum Gasteiger partial charge on any atom is -0.355 e. The fourth-order valence-electron chi connectivity index (χ4n) is 2.94. The van der Waals surface area contributed by atoms with Crippen LogP contribution in [0, 0.1) is 0 Å². The molecule has 25 heavy (non-hydrogen) atoms. The Bertz CT molecular complexity index is 990. The Morgan fingerprint density at radius 2 is 0.760 bits per heavy atom. The number of hydrogen-bond donors (Lipinski definition) is 2. The number of H-pyrrole nitrogens is 2. The van der Waals surface area contributed by atoms with Crippen LogP contribution in [-0.4, -0.2) is 19.9 Å². The van der Waals surface area contributed by atoms with Crippen LogP contribution in [0.3, 0.4) is 0 Å². The van der Waals surface area contributed by atoms with Gasteiger partial charge in [0.05, 0.1) is 22.8 Å². The summed E-state index contributed by atoms with van der Waals surface area (Å²) in [6, 6.07) is 16.4. The summed E-state index contributed by atoms with van der Waals surface area (Å²) in [5.41, 5.74) is 7.86. The van der Waals surface area contributed by atoms with Gasteiger partial charge in [-0.05, 0) is 72.8 Å². The Kier molecular flexibility index (Phi) is 3.88. The van der Waals surface area contributed by atoms with Crippen molar-refractivity contribution in [2.24, 2.45) is 0 Å². The van der Waals surface area contributed by atoms with Gasteiger partial charge in [-0.15, -0.1) is 0 Å². The van der Waals surface area contributed by atoms with Crippen LogP contribution in [0.1, 0.15) is 22.8 Å². The van der Waals surface area contributed by atoms with E-state index in [0.717, 1.165) is 44.8 Å². The maximum atomic E-state index is 4.63. The van der Waals surface area contributed by atoms with Gasteiger partial charge in [-0.25, -0.2) is 9.97 Å². The Balaban J connectivity index is 0.00000157. The monoisotopic (exact) mass is 373 g/mol. The zero-order valence-electron chi connectivity index (χ0n) is 13.1. The van der Waals surface area contributed by atoms with Crippen molar-refractivity contribution in [2.45, 2.75) is 0 Å². The predicted molar refractivity (Wildman–Crippen MR) is 98.9 cm³/mol. The molecule has 5 heterocycles. The third-order valence-corrected chi connectivity index (χ3v) is 4.04. The van der Waals surface area contributed by atoms with E-state index in [1.807, 2.05) is 48.6 Å². The van der Waals surface area contributed by atoms with E-state index in [4.69, 9.17) is 0 Å². The summed E-state index contributed by atoms with van der Waals surface area (Å²) in [5.74, 6) is 0. The molecule has 8 bridgehead atoms. The number of rotatable bonds is 0. The van der Waals surface area contributed by atoms with Crippen LogP contribution < -0.4 is 0 Å². The molecule has 3 aromatic heterocycles. The summed E-state index contributed by atoms with van der Waals surface area (Å²) in [6.07, 6.45) is 8.09. The maximum Gasteiger partial charge on any atom is 0.0658 e. The molecule has 1 radical (unpaired) electrons. The van der Waals surface area contributed by atoms with Crippen molar-refractivity contribution in [1.29, 1.82) is 0 Å². The van der Waals surface area contributed by atoms with Crippen molar-refractivity contribution in [3.05, 3.63) is 71.3 Å². The molecule has 2 N–H and O–H groups in total. The first kappa shape index (κ1) is 15.6. The SMILES string of the molecule is C1=Cc2cc3ccc(cc4nc(cc5ccc(cc1n2)[nH]5)C=C4)[nH]3.[Cu]. The first-order chi connectivity index (χ1) is 11.8. The van der Waals surface area contributed by atoms with Crippen LogP contribution >= 0.6 is 0 Å². The van der Waals surface area contributed by atoms with Gasteiger partial charge in [-0.2, -0.15) is 0 Å². The second-order valence-electron chi connectivity index (χ2n) is 5.91. The maximum absolute atomic E-state index is 4.63. The van der Waals surface area contributed by atoms with E-state index in [1.165, 1.54) is 0 Å². The second-order valence-corrected chi connectivity index (χ2v) is 5.91. The van der Waals surface area contributed by atoms with Gasteiger partial charge in [0.15, 0.2) is 0 Å². The van der Waals surface area contributed by atoms with E-state index in [2.05, 4.69) is 44.2 Å². The van der Waals surface area contributed by atoms with Crippen LogP contribution in [0.25, 0.3) is 46.4 Å². The second kappa shape index (κ2) is 6.20. The van der Waals surface area contributed by atoms with Crippen molar-refractivity contribution in [1.82, 2.24) is 19.9 Å². The largest absolute Gasteiger partial charge is 0.355 e. The Morgan fingerprint density at radius 3 is 1.04 bits per heavy atom. The molecule has 0 saturated carbocycles. The number of hydrogen-bond acceptors (Lipinski definition) is 2. The standard InChI is InChI=1S/C20H14N4.Cu/c1-2-14-10-16-5-6-18(23-16)12-20-8-7-19(24-20)11-17-4-3-15(22-17)9-13(1)21-14;/h1-12,21,24H;. The number of nitrogens with one attached hydrogen (secondary N) is 2. The van der Waals surface area contributed by atoms with Gasteiger partial charge in [0.2, 0.25) is 0 Å². The number of aromatic amines is 2. The van der Waals surface area contributed by atoms with E-state index in [0.29, 0.717) is 0 Å². The van der Waals surface area contributed by atoms with E-state index in [-0.39, 0.29) is 17.1 Å². The van der Waals surface area contributed by atoms with Gasteiger partial charge in [0.1, 0.15) is 0 Å². The summed E-state index contributed by atoms with van der Waals surface area (Å²) >= 11 is 0. The summed E-state index contributed by atoms with van der Waals surface area (Å²) < 4.78 is 0. The van der Waals surface area contributed by atoms with Crippen molar-refractivity contribution in [2.75, 3.05) is 0 Å². The molecule has 5 heteroatoms. The summed E-state index contributed by atoms with van der Waals surface area (Å²) in [6.45, 7) is 0. The van der Waals surface area contributed by atoms with Crippen molar-refractivity contribution in [3.8, 4) is 0 Å². The van der Waals surface area contributed by atoms with Gasteiger partial charge >= 0.3 is 0 Å². The Labute approximate surface area is 154 Å². The molecule has 4 nitrogen and oxygen atoms in total. The van der Waals surface area contributed by atoms with Crippen LogP contribution in [0.2, 0.25) is 0 Å². The fraction of sp³-hybridized carbons (Fsp3) is 0. The zero-order valence-corrected chi connectivity index (χ0v) is 14.1. The molecule has 0 aromatic carbocycles. The molecule has 0 amide bonds. The molecule has 125 valence electrons. The summed E-state index contributed by atoms with van der Waals surface area (Å²) in [7, 11) is 0. The molecule has 0 atom stereocenters. The molecule has 0 unspecified atom stereocenters. The fourth-order valence-corrected chi connectivity index (χ4v) is 2.94. The molecular formula is C20H14CuN4. The molecule has 0 spiro atoms. The van der Waals surface area contributed by atoms with E-state index < -0.39 is 0 Å². The third kappa shape index (κ3) is 3.20. The smallest absolute Gasteiger partial charge is 0.0658 e. The average Bonchev–Trinajstić information content (AvgIpc) is 3.32. The van der Waals surface area contributed by atoms with Crippen molar-refractivity contribution in [3.63, 3.8) is 0 Å². The molecule has 2 aliphatic rings. The van der Waals surface area contributed by atoms with Gasteiger partial charge in [0, 0.05) is 39.1 Å². The minimum atomic E-state index is 0. The van der Waals surface area contributed by atoms with Gasteiger partial charge < -0.3 is 9.97 Å². The number of aromatic nitrogens is 4. The van der Waals surface area contributed by atoms with Crippen LogP contribution in [-0.2, 0) is 17.1 Å². The molecule has 0 fully saturated rings. The third-order valence-electron chi connectivity index (χ3n) is 4.04. The quantitative estimate of drug-likeness (QED) is 0.388. The van der Waals surface area contributed by atoms with Crippen LogP contribution in [0.15, 0.2) is 48.5 Å². The van der Waals surface area contributed by atoms with Crippen LogP contribution in [0.5, 0.6) is 0 Å².